The molecule has 7 nitrogen and oxygen atoms in total. The highest BCUT2D eigenvalue weighted by Crippen LogP contribution is 2.36. The molecule has 1 N–H and O–H groups in total. The molecule has 0 saturated carbocycles. The molecular formula is C18H16N2O5S. The number of carbonyl (C=O) groups is 1. The average Bonchev–Trinajstić information content (AvgIpc) is 2.75. The van der Waals surface area contributed by atoms with E-state index in [9.17, 15) is 18.3 Å². The molecule has 8 heteroatoms. The molecule has 26 heavy (non-hydrogen) atoms. The molecule has 2 aliphatic heterocycles. The van der Waals surface area contributed by atoms with E-state index < -0.39 is 15.8 Å². The fourth-order valence-corrected chi connectivity index (χ4v) is 4.76. The number of fused-ring (bicyclic) bond motifs is 2. The van der Waals surface area contributed by atoms with Gasteiger partial charge in [-0.3, -0.25) is 0 Å². The summed E-state index contributed by atoms with van der Waals surface area (Å²) in [7, 11) is -3.90. The number of rotatable bonds is 1. The van der Waals surface area contributed by atoms with Gasteiger partial charge in [-0.2, -0.15) is 0 Å². The first kappa shape index (κ1) is 16.7. The fourth-order valence-electron chi connectivity index (χ4n) is 3.15. The summed E-state index contributed by atoms with van der Waals surface area (Å²) < 4.78 is 31.8. The Morgan fingerprint density at radius 3 is 2.54 bits per heavy atom. The highest BCUT2D eigenvalue weighted by Gasteiger charge is 2.32. The summed E-state index contributed by atoms with van der Waals surface area (Å²) in [6.45, 7) is 2.22. The summed E-state index contributed by atoms with van der Waals surface area (Å²) in [6, 6.07) is 10.6. The molecule has 2 aliphatic rings. The molecule has 0 aliphatic carbocycles. The molecule has 0 radical (unpaired) electrons. The Bertz CT molecular complexity index is 1020. The molecule has 0 amide bonds. The van der Waals surface area contributed by atoms with Crippen LogP contribution in [0.1, 0.15) is 15.9 Å². The average molecular weight is 372 g/mol. The Morgan fingerprint density at radius 2 is 1.81 bits per heavy atom. The molecule has 134 valence electrons. The summed E-state index contributed by atoms with van der Waals surface area (Å²) in [5.41, 5.74) is 0.684. The number of hydrogen-bond donors (Lipinski definition) is 1. The second-order valence-electron chi connectivity index (χ2n) is 6.02. The Hall–Kier alpha value is -2.71. The van der Waals surface area contributed by atoms with Gasteiger partial charge in [-0.05, 0) is 30.3 Å². The van der Waals surface area contributed by atoms with Gasteiger partial charge in [0.15, 0.2) is 0 Å². The second-order valence-corrected chi connectivity index (χ2v) is 7.91. The largest absolute Gasteiger partial charge is 0.478 e. The molecule has 4 rings (SSSR count). The fraction of sp³-hybridized carbons (Fsp3) is 0.222. The lowest BCUT2D eigenvalue weighted by molar-refractivity contribution is 0.0682. The van der Waals surface area contributed by atoms with Gasteiger partial charge in [0, 0.05) is 18.7 Å². The van der Waals surface area contributed by atoms with E-state index >= 15 is 0 Å². The van der Waals surface area contributed by atoms with E-state index in [1.165, 1.54) is 24.3 Å². The van der Waals surface area contributed by atoms with Gasteiger partial charge in [0.05, 0.1) is 34.3 Å². The lowest BCUT2D eigenvalue weighted by Gasteiger charge is -2.30. The van der Waals surface area contributed by atoms with Crippen molar-refractivity contribution in [3.8, 4) is 0 Å². The minimum absolute atomic E-state index is 0.0346. The van der Waals surface area contributed by atoms with Gasteiger partial charge in [0.2, 0.25) is 9.84 Å². The van der Waals surface area contributed by atoms with E-state index in [0.717, 1.165) is 0 Å². The van der Waals surface area contributed by atoms with Crippen LogP contribution in [-0.4, -0.2) is 56.5 Å². The van der Waals surface area contributed by atoms with Crippen molar-refractivity contribution in [2.45, 2.75) is 9.79 Å². The molecule has 1 saturated heterocycles. The van der Waals surface area contributed by atoms with Crippen molar-refractivity contribution in [1.29, 1.82) is 0 Å². The summed E-state index contributed by atoms with van der Waals surface area (Å²) in [6.07, 6.45) is 0. The smallest absolute Gasteiger partial charge is 0.335 e. The first-order valence-electron chi connectivity index (χ1n) is 8.12. The second kappa shape index (κ2) is 6.22. The number of hydrogen-bond acceptors (Lipinski definition) is 6. The Balaban J connectivity index is 2.01. The van der Waals surface area contributed by atoms with Crippen molar-refractivity contribution in [3.63, 3.8) is 0 Å². The molecule has 1 fully saturated rings. The predicted octanol–water partition coefficient (Wildman–Crippen LogP) is 1.94. The standard InChI is InChI=1S/C18H16N2O5S/c21-18(22)12-5-6-13-16(11-12)26(23,24)15-4-2-1-3-14(15)19-17(13)20-7-9-25-10-8-20/h1-6,11H,7-10H2,(H,21,22). The molecule has 2 aromatic carbocycles. The number of aliphatic imine (C=N–C) groups is 1. The Labute approximate surface area is 150 Å². The van der Waals surface area contributed by atoms with Gasteiger partial charge in [0.25, 0.3) is 0 Å². The van der Waals surface area contributed by atoms with E-state index in [1.807, 2.05) is 4.90 Å². The number of carboxylic acids is 1. The maximum absolute atomic E-state index is 13.2. The van der Waals surface area contributed by atoms with Gasteiger partial charge >= 0.3 is 5.97 Å². The number of ether oxygens (including phenoxy) is 1. The summed E-state index contributed by atoms with van der Waals surface area (Å²) in [4.78, 5) is 18.0. The highest BCUT2D eigenvalue weighted by molar-refractivity contribution is 7.91. The van der Waals surface area contributed by atoms with Crippen molar-refractivity contribution in [1.82, 2.24) is 4.90 Å². The number of sulfone groups is 1. The Kier molecular flexibility index (Phi) is 4.01. The van der Waals surface area contributed by atoms with Crippen molar-refractivity contribution in [2.24, 2.45) is 4.99 Å². The van der Waals surface area contributed by atoms with E-state index in [0.29, 0.717) is 43.4 Å². The first-order valence-corrected chi connectivity index (χ1v) is 9.60. The summed E-state index contributed by atoms with van der Waals surface area (Å²) in [5.74, 6) is -0.654. The van der Waals surface area contributed by atoms with Crippen molar-refractivity contribution in [3.05, 3.63) is 53.6 Å². The van der Waals surface area contributed by atoms with E-state index in [4.69, 9.17) is 4.74 Å². The summed E-state index contributed by atoms with van der Waals surface area (Å²) in [5, 5.41) is 9.28. The monoisotopic (exact) mass is 372 g/mol. The quantitative estimate of drug-likeness (QED) is 0.822. The minimum atomic E-state index is -3.90. The number of aromatic carboxylic acids is 1. The molecule has 0 aromatic heterocycles. The lowest BCUT2D eigenvalue weighted by Crippen LogP contribution is -2.41. The van der Waals surface area contributed by atoms with Crippen molar-refractivity contribution >= 4 is 27.3 Å². The topological polar surface area (TPSA) is 96.3 Å². The van der Waals surface area contributed by atoms with Crippen LogP contribution in [0.25, 0.3) is 0 Å². The molecular weight excluding hydrogens is 356 g/mol. The highest BCUT2D eigenvalue weighted by atomic mass is 32.2. The third kappa shape index (κ3) is 2.67. The number of amidine groups is 1. The van der Waals surface area contributed by atoms with Crippen LogP contribution < -0.4 is 0 Å². The van der Waals surface area contributed by atoms with Crippen LogP contribution in [0.5, 0.6) is 0 Å². The molecule has 0 atom stereocenters. The molecule has 0 bridgehead atoms. The number of benzene rings is 2. The van der Waals surface area contributed by atoms with Gasteiger partial charge in [0.1, 0.15) is 5.84 Å². The van der Waals surface area contributed by atoms with Crippen LogP contribution in [0.4, 0.5) is 5.69 Å². The van der Waals surface area contributed by atoms with Gasteiger partial charge in [-0.15, -0.1) is 0 Å². The first-order chi connectivity index (χ1) is 12.5. The molecule has 0 unspecified atom stereocenters. The van der Waals surface area contributed by atoms with Gasteiger partial charge in [-0.25, -0.2) is 18.2 Å². The van der Waals surface area contributed by atoms with Crippen LogP contribution in [0, 0.1) is 0 Å². The van der Waals surface area contributed by atoms with Crippen molar-refractivity contribution in [2.75, 3.05) is 26.3 Å². The van der Waals surface area contributed by atoms with E-state index in [1.54, 1.807) is 18.2 Å². The third-order valence-electron chi connectivity index (χ3n) is 4.45. The number of nitrogens with zero attached hydrogens (tertiary/aromatic N) is 2. The normalized spacial score (nSPS) is 18.3. The summed E-state index contributed by atoms with van der Waals surface area (Å²) >= 11 is 0. The molecule has 2 aromatic rings. The number of morpholine rings is 1. The maximum atomic E-state index is 13.2. The lowest BCUT2D eigenvalue weighted by atomic mass is 10.1. The SMILES string of the molecule is O=C(O)c1ccc2c(c1)S(=O)(=O)c1ccccc1N=C2N1CCOCC1. The van der Waals surface area contributed by atoms with Crippen LogP contribution in [0.2, 0.25) is 0 Å². The zero-order valence-electron chi connectivity index (χ0n) is 13.8. The Morgan fingerprint density at radius 1 is 1.08 bits per heavy atom. The van der Waals surface area contributed by atoms with Crippen molar-refractivity contribution < 1.29 is 23.1 Å². The minimum Gasteiger partial charge on any atom is -0.478 e. The van der Waals surface area contributed by atoms with Crippen LogP contribution >= 0.6 is 0 Å². The maximum Gasteiger partial charge on any atom is 0.335 e. The molecule has 0 spiro atoms. The van der Waals surface area contributed by atoms with Crippen LogP contribution in [0.3, 0.4) is 0 Å². The zero-order chi connectivity index (χ0) is 18.3. The van der Waals surface area contributed by atoms with Crippen LogP contribution in [0.15, 0.2) is 57.2 Å². The molecule has 2 heterocycles. The van der Waals surface area contributed by atoms with Gasteiger partial charge < -0.3 is 14.7 Å². The predicted molar refractivity (Wildman–Crippen MR) is 93.9 cm³/mol. The zero-order valence-corrected chi connectivity index (χ0v) is 14.6. The van der Waals surface area contributed by atoms with E-state index in [2.05, 4.69) is 4.99 Å². The van der Waals surface area contributed by atoms with Gasteiger partial charge in [-0.1, -0.05) is 12.1 Å². The third-order valence-corrected chi connectivity index (χ3v) is 6.29. The number of carboxylic acid groups (broad SMARTS) is 1. The number of para-hydroxylation sites is 1. The van der Waals surface area contributed by atoms with Crippen LogP contribution in [-0.2, 0) is 14.6 Å². The van der Waals surface area contributed by atoms with E-state index in [-0.39, 0.29) is 15.4 Å².